The highest BCUT2D eigenvalue weighted by molar-refractivity contribution is 7.79. The van der Waals surface area contributed by atoms with Gasteiger partial charge in [-0.3, -0.25) is 0 Å². The largest absolute Gasteiger partial charge is 0.394 e. The third kappa shape index (κ3) is 2.32. The Balaban J connectivity index is 3.44. The molecule has 48 valence electrons. The van der Waals surface area contributed by atoms with Crippen LogP contribution in [-0.4, -0.2) is 39.5 Å². The van der Waals surface area contributed by atoms with Crippen molar-refractivity contribution in [3.8, 4) is 0 Å². The summed E-state index contributed by atoms with van der Waals surface area (Å²) in [6.07, 6.45) is -2.22. The maximum atomic E-state index is 8.56. The Morgan fingerprint density at radius 3 is 2.12 bits per heavy atom. The van der Waals surface area contributed by atoms with Crippen LogP contribution >= 0.6 is 12.2 Å². The molecule has 0 aliphatic carbocycles. The van der Waals surface area contributed by atoms with Gasteiger partial charge in [0.05, 0.1) is 6.61 Å². The first-order valence-corrected chi connectivity index (χ1v) is 2.61. The van der Waals surface area contributed by atoms with Crippen molar-refractivity contribution in [2.24, 2.45) is 0 Å². The maximum Gasteiger partial charge on any atom is 0.110 e. The highest BCUT2D eigenvalue weighted by Crippen LogP contribution is 1.87. The van der Waals surface area contributed by atoms with E-state index in [4.69, 9.17) is 15.3 Å². The van der Waals surface area contributed by atoms with E-state index in [1.807, 2.05) is 0 Å². The molecule has 8 heavy (non-hydrogen) atoms. The lowest BCUT2D eigenvalue weighted by molar-refractivity contribution is 0.0213. The molecule has 2 atom stereocenters. The summed E-state index contributed by atoms with van der Waals surface area (Å²) < 4.78 is 0. The van der Waals surface area contributed by atoms with Crippen LogP contribution in [0.4, 0.5) is 0 Å². The smallest absolute Gasteiger partial charge is 0.110 e. The third-order valence-electron chi connectivity index (χ3n) is 0.721. The van der Waals surface area contributed by atoms with Crippen LogP contribution < -0.4 is 0 Å². The molecule has 0 aromatic rings. The molecule has 0 bridgehead atoms. The Morgan fingerprint density at radius 1 is 1.50 bits per heavy atom. The molecule has 3 nitrogen and oxygen atoms in total. The molecule has 0 spiro atoms. The van der Waals surface area contributed by atoms with Crippen molar-refractivity contribution in [1.29, 1.82) is 0 Å². The fourth-order valence-corrected chi connectivity index (χ4v) is 0.380. The van der Waals surface area contributed by atoms with Gasteiger partial charge in [0.2, 0.25) is 0 Å². The molecular weight excluding hydrogens is 128 g/mol. The average Bonchev–Trinajstić information content (AvgIpc) is 1.84. The third-order valence-corrected chi connectivity index (χ3v) is 1.000. The first kappa shape index (κ1) is 7.97. The van der Waals surface area contributed by atoms with Crippen molar-refractivity contribution in [3.63, 3.8) is 0 Å². The van der Waals surface area contributed by atoms with Gasteiger partial charge < -0.3 is 15.3 Å². The topological polar surface area (TPSA) is 60.7 Å². The van der Waals surface area contributed by atoms with Crippen molar-refractivity contribution in [2.75, 3.05) is 6.61 Å². The van der Waals surface area contributed by atoms with Crippen molar-refractivity contribution in [1.82, 2.24) is 0 Å². The van der Waals surface area contributed by atoms with Crippen LogP contribution in [0.5, 0.6) is 0 Å². The van der Waals surface area contributed by atoms with Crippen molar-refractivity contribution < 1.29 is 15.3 Å². The van der Waals surface area contributed by atoms with Crippen LogP contribution in [0.25, 0.3) is 0 Å². The Bertz CT molecular complexity index is 75.7. The zero-order chi connectivity index (χ0) is 6.57. The first-order chi connectivity index (χ1) is 3.72. The van der Waals surface area contributed by atoms with Gasteiger partial charge in [0, 0.05) is 5.37 Å². The fraction of sp³-hybridized carbons (Fsp3) is 0.750. The van der Waals surface area contributed by atoms with E-state index in [9.17, 15) is 0 Å². The second-order valence-electron chi connectivity index (χ2n) is 1.38. The van der Waals surface area contributed by atoms with Crippen molar-refractivity contribution >= 4 is 17.6 Å². The molecular formula is C4H8O3S. The van der Waals surface area contributed by atoms with Gasteiger partial charge in [-0.05, 0) is 0 Å². The number of thiocarbonyl (C=S) groups is 1. The minimum absolute atomic E-state index is 0.464. The van der Waals surface area contributed by atoms with E-state index in [0.29, 0.717) is 0 Å². The fourth-order valence-electron chi connectivity index (χ4n) is 0.199. The molecule has 0 heterocycles. The summed E-state index contributed by atoms with van der Waals surface area (Å²) in [7, 11) is 0. The minimum Gasteiger partial charge on any atom is -0.394 e. The van der Waals surface area contributed by atoms with Crippen LogP contribution in [-0.2, 0) is 0 Å². The van der Waals surface area contributed by atoms with E-state index < -0.39 is 18.8 Å². The van der Waals surface area contributed by atoms with Gasteiger partial charge >= 0.3 is 0 Å². The summed E-state index contributed by atoms with van der Waals surface area (Å²) in [4.78, 5) is 0. The van der Waals surface area contributed by atoms with E-state index in [-0.39, 0.29) is 0 Å². The molecule has 3 N–H and O–H groups in total. The predicted octanol–water partition coefficient (Wildman–Crippen LogP) is -1.30. The summed E-state index contributed by atoms with van der Waals surface area (Å²) in [5, 5.41) is 26.2. The van der Waals surface area contributed by atoms with Crippen LogP contribution in [0, 0.1) is 0 Å². The average molecular weight is 136 g/mol. The summed E-state index contributed by atoms with van der Waals surface area (Å²) in [6.45, 7) is -0.464. The summed E-state index contributed by atoms with van der Waals surface area (Å²) in [5.74, 6) is 0. The van der Waals surface area contributed by atoms with Gasteiger partial charge in [0.1, 0.15) is 12.2 Å². The zero-order valence-electron chi connectivity index (χ0n) is 4.19. The number of rotatable bonds is 3. The molecule has 0 amide bonds. The number of hydrogen-bond acceptors (Lipinski definition) is 4. The molecule has 0 fully saturated rings. The first-order valence-electron chi connectivity index (χ1n) is 2.14. The minimum atomic E-state index is -1.13. The zero-order valence-corrected chi connectivity index (χ0v) is 5.01. The van der Waals surface area contributed by atoms with E-state index in [1.54, 1.807) is 0 Å². The molecule has 0 aliphatic heterocycles. The highest BCUT2D eigenvalue weighted by atomic mass is 32.1. The lowest BCUT2D eigenvalue weighted by Gasteiger charge is -2.08. The second kappa shape index (κ2) is 3.91. The van der Waals surface area contributed by atoms with E-state index >= 15 is 0 Å². The molecule has 0 aromatic heterocycles. The van der Waals surface area contributed by atoms with Gasteiger partial charge in [-0.15, -0.1) is 0 Å². The SMILES string of the molecule is OCC(O)C(O)C=S. The summed E-state index contributed by atoms with van der Waals surface area (Å²) >= 11 is 4.27. The lowest BCUT2D eigenvalue weighted by Crippen LogP contribution is -2.29. The second-order valence-corrected chi connectivity index (χ2v) is 1.65. The standard InChI is InChI=1S/C4H8O3S/c5-1-3(6)4(7)2-8/h2-7H,1H2. The number of aliphatic hydroxyl groups is 3. The predicted molar refractivity (Wildman–Crippen MR) is 32.8 cm³/mol. The molecule has 2 unspecified atom stereocenters. The Hall–Kier alpha value is -0.0300. The molecule has 0 aliphatic rings. The van der Waals surface area contributed by atoms with Gasteiger partial charge in [-0.2, -0.15) is 0 Å². The van der Waals surface area contributed by atoms with Gasteiger partial charge in [0.25, 0.3) is 0 Å². The van der Waals surface area contributed by atoms with E-state index in [2.05, 4.69) is 12.2 Å². The van der Waals surface area contributed by atoms with Gasteiger partial charge in [-0.25, -0.2) is 0 Å². The Morgan fingerprint density at radius 2 is 2.00 bits per heavy atom. The molecule has 0 rings (SSSR count). The van der Waals surface area contributed by atoms with Crippen LogP contribution in [0.1, 0.15) is 0 Å². The molecule has 0 radical (unpaired) electrons. The lowest BCUT2D eigenvalue weighted by atomic mass is 10.2. The van der Waals surface area contributed by atoms with Crippen LogP contribution in [0.2, 0.25) is 0 Å². The quantitative estimate of drug-likeness (QED) is 0.422. The van der Waals surface area contributed by atoms with Crippen molar-refractivity contribution in [3.05, 3.63) is 0 Å². The van der Waals surface area contributed by atoms with E-state index in [0.717, 1.165) is 5.37 Å². The van der Waals surface area contributed by atoms with Crippen LogP contribution in [0.3, 0.4) is 0 Å². The normalized spacial score (nSPS) is 17.4. The maximum absolute atomic E-state index is 8.56. The number of aliphatic hydroxyl groups excluding tert-OH is 3. The Labute approximate surface area is 52.6 Å². The molecule has 0 aromatic carbocycles. The molecule has 4 heteroatoms. The Kier molecular flexibility index (Phi) is 3.90. The monoisotopic (exact) mass is 136 g/mol. The van der Waals surface area contributed by atoms with Gasteiger partial charge in [0.15, 0.2) is 0 Å². The summed E-state index contributed by atoms with van der Waals surface area (Å²) in [5.41, 5.74) is 0. The summed E-state index contributed by atoms with van der Waals surface area (Å²) in [6, 6.07) is 0. The van der Waals surface area contributed by atoms with Crippen LogP contribution in [0.15, 0.2) is 0 Å². The van der Waals surface area contributed by atoms with E-state index in [1.165, 1.54) is 0 Å². The molecule has 0 saturated heterocycles. The van der Waals surface area contributed by atoms with Crippen molar-refractivity contribution in [2.45, 2.75) is 12.2 Å². The number of hydrogen-bond donors (Lipinski definition) is 3. The van der Waals surface area contributed by atoms with Gasteiger partial charge in [-0.1, -0.05) is 12.2 Å². The molecule has 0 saturated carbocycles. The highest BCUT2D eigenvalue weighted by Gasteiger charge is 2.10.